The maximum atomic E-state index is 12.5. The number of hydrogen-bond donors (Lipinski definition) is 1. The zero-order valence-corrected chi connectivity index (χ0v) is 16.2. The molecule has 0 saturated carbocycles. The van der Waals surface area contributed by atoms with Crippen molar-refractivity contribution in [3.63, 3.8) is 0 Å². The molecular formula is C22H19ClN2OS. The van der Waals surface area contributed by atoms with Crippen molar-refractivity contribution in [2.45, 2.75) is 13.1 Å². The van der Waals surface area contributed by atoms with Gasteiger partial charge in [0.05, 0.1) is 0 Å². The average molecular weight is 395 g/mol. The van der Waals surface area contributed by atoms with E-state index in [9.17, 15) is 4.79 Å². The third-order valence-corrected chi connectivity index (χ3v) is 4.62. The van der Waals surface area contributed by atoms with Gasteiger partial charge in [-0.05, 0) is 41.5 Å². The average Bonchev–Trinajstić information content (AvgIpc) is 2.69. The highest BCUT2D eigenvalue weighted by Gasteiger charge is 2.15. The fourth-order valence-electron chi connectivity index (χ4n) is 2.69. The molecule has 0 radical (unpaired) electrons. The highest BCUT2D eigenvalue weighted by molar-refractivity contribution is 7.80. The Morgan fingerprint density at radius 2 is 1.41 bits per heavy atom. The van der Waals surface area contributed by atoms with Crippen LogP contribution in [0.1, 0.15) is 21.5 Å². The number of carbonyl (C=O) groups excluding carboxylic acids is 1. The van der Waals surface area contributed by atoms with Crippen LogP contribution in [0, 0.1) is 0 Å². The Morgan fingerprint density at radius 1 is 0.852 bits per heavy atom. The molecule has 0 saturated heterocycles. The van der Waals surface area contributed by atoms with Crippen molar-refractivity contribution in [3.05, 3.63) is 107 Å². The standard InChI is InChI=1S/C22H19ClN2OS/c23-20-13-7-12-19(14-20)21(26)24-22(27)25(15-17-8-3-1-4-9-17)16-18-10-5-2-6-11-18/h1-14H,15-16H2,(H,24,26,27). The van der Waals surface area contributed by atoms with E-state index in [2.05, 4.69) is 5.32 Å². The van der Waals surface area contributed by atoms with E-state index in [1.165, 1.54) is 0 Å². The normalized spacial score (nSPS) is 10.3. The molecule has 1 amide bonds. The number of carbonyl (C=O) groups is 1. The van der Waals surface area contributed by atoms with Gasteiger partial charge in [0.2, 0.25) is 0 Å². The summed E-state index contributed by atoms with van der Waals surface area (Å²) in [4.78, 5) is 14.5. The van der Waals surface area contributed by atoms with E-state index in [0.717, 1.165) is 11.1 Å². The zero-order chi connectivity index (χ0) is 19.1. The second-order valence-electron chi connectivity index (χ2n) is 6.10. The molecule has 0 bridgehead atoms. The zero-order valence-electron chi connectivity index (χ0n) is 14.6. The third kappa shape index (κ3) is 5.64. The molecular weight excluding hydrogens is 376 g/mol. The van der Waals surface area contributed by atoms with E-state index in [-0.39, 0.29) is 5.91 Å². The van der Waals surface area contributed by atoms with E-state index in [1.807, 2.05) is 65.6 Å². The first-order chi connectivity index (χ1) is 13.1. The lowest BCUT2D eigenvalue weighted by molar-refractivity contribution is 0.0972. The van der Waals surface area contributed by atoms with Crippen LogP contribution in [0.25, 0.3) is 0 Å². The molecule has 0 fully saturated rings. The van der Waals surface area contributed by atoms with E-state index in [0.29, 0.717) is 28.8 Å². The molecule has 0 aliphatic heterocycles. The van der Waals surface area contributed by atoms with E-state index < -0.39 is 0 Å². The second kappa shape index (κ2) is 9.31. The number of hydrogen-bond acceptors (Lipinski definition) is 2. The first-order valence-electron chi connectivity index (χ1n) is 8.55. The summed E-state index contributed by atoms with van der Waals surface area (Å²) < 4.78 is 0. The van der Waals surface area contributed by atoms with Gasteiger partial charge in [0, 0.05) is 23.7 Å². The smallest absolute Gasteiger partial charge is 0.257 e. The van der Waals surface area contributed by atoms with Gasteiger partial charge in [-0.15, -0.1) is 0 Å². The lowest BCUT2D eigenvalue weighted by Crippen LogP contribution is -2.42. The van der Waals surface area contributed by atoms with E-state index in [1.54, 1.807) is 24.3 Å². The van der Waals surface area contributed by atoms with Gasteiger partial charge < -0.3 is 4.90 Å². The minimum atomic E-state index is -0.270. The molecule has 0 unspecified atom stereocenters. The molecule has 0 spiro atoms. The molecule has 0 heterocycles. The maximum absolute atomic E-state index is 12.5. The summed E-state index contributed by atoms with van der Waals surface area (Å²) in [5, 5.41) is 3.72. The van der Waals surface area contributed by atoms with Crippen LogP contribution in [0.3, 0.4) is 0 Å². The second-order valence-corrected chi connectivity index (χ2v) is 6.92. The van der Waals surface area contributed by atoms with Crippen molar-refractivity contribution in [3.8, 4) is 0 Å². The lowest BCUT2D eigenvalue weighted by Gasteiger charge is -2.26. The molecule has 3 rings (SSSR count). The third-order valence-electron chi connectivity index (χ3n) is 4.03. The van der Waals surface area contributed by atoms with Crippen molar-refractivity contribution < 1.29 is 4.79 Å². The minimum absolute atomic E-state index is 0.270. The summed E-state index contributed by atoms with van der Waals surface area (Å²) in [5.74, 6) is -0.270. The summed E-state index contributed by atoms with van der Waals surface area (Å²) in [6, 6.07) is 26.9. The molecule has 0 aliphatic rings. The van der Waals surface area contributed by atoms with Crippen molar-refractivity contribution in [1.29, 1.82) is 0 Å². The highest BCUT2D eigenvalue weighted by atomic mass is 35.5. The van der Waals surface area contributed by atoms with Crippen LogP contribution in [0.4, 0.5) is 0 Å². The van der Waals surface area contributed by atoms with Crippen molar-refractivity contribution in [2.24, 2.45) is 0 Å². The van der Waals surface area contributed by atoms with Gasteiger partial charge in [0.15, 0.2) is 5.11 Å². The number of thiocarbonyl (C=S) groups is 1. The van der Waals surface area contributed by atoms with Gasteiger partial charge in [0.1, 0.15) is 0 Å². The fraction of sp³-hybridized carbons (Fsp3) is 0.0909. The number of nitrogens with zero attached hydrogens (tertiary/aromatic N) is 1. The van der Waals surface area contributed by atoms with E-state index >= 15 is 0 Å². The molecule has 0 atom stereocenters. The van der Waals surface area contributed by atoms with Crippen LogP contribution in [0.5, 0.6) is 0 Å². The molecule has 5 heteroatoms. The van der Waals surface area contributed by atoms with Crippen LogP contribution in [0.15, 0.2) is 84.9 Å². The van der Waals surface area contributed by atoms with Crippen LogP contribution < -0.4 is 5.32 Å². The van der Waals surface area contributed by atoms with Crippen molar-refractivity contribution in [1.82, 2.24) is 10.2 Å². The van der Waals surface area contributed by atoms with Gasteiger partial charge in [-0.2, -0.15) is 0 Å². The summed E-state index contributed by atoms with van der Waals surface area (Å²) in [7, 11) is 0. The Balaban J connectivity index is 1.76. The Bertz CT molecular complexity index is 874. The lowest BCUT2D eigenvalue weighted by atomic mass is 10.2. The van der Waals surface area contributed by atoms with E-state index in [4.69, 9.17) is 23.8 Å². The topological polar surface area (TPSA) is 32.3 Å². The quantitative estimate of drug-likeness (QED) is 0.614. The number of benzene rings is 3. The largest absolute Gasteiger partial charge is 0.340 e. The number of nitrogens with one attached hydrogen (secondary N) is 1. The van der Waals surface area contributed by atoms with Gasteiger partial charge in [-0.1, -0.05) is 78.3 Å². The monoisotopic (exact) mass is 394 g/mol. The SMILES string of the molecule is O=C(NC(=S)N(Cc1ccccc1)Cc1ccccc1)c1cccc(Cl)c1. The molecule has 0 aliphatic carbocycles. The van der Waals surface area contributed by atoms with Crippen LogP contribution in [0.2, 0.25) is 5.02 Å². The molecule has 3 aromatic carbocycles. The predicted octanol–water partition coefficient (Wildman–Crippen LogP) is 5.06. The van der Waals surface area contributed by atoms with Gasteiger partial charge >= 0.3 is 0 Å². The summed E-state index contributed by atoms with van der Waals surface area (Å²) in [6.07, 6.45) is 0. The first kappa shape index (κ1) is 19.1. The number of halogens is 1. The van der Waals surface area contributed by atoms with Crippen molar-refractivity contribution in [2.75, 3.05) is 0 Å². The van der Waals surface area contributed by atoms with Crippen LogP contribution >= 0.6 is 23.8 Å². The molecule has 0 aromatic heterocycles. The Morgan fingerprint density at radius 3 is 1.93 bits per heavy atom. The van der Waals surface area contributed by atoms with Gasteiger partial charge in [-0.3, -0.25) is 10.1 Å². The summed E-state index contributed by atoms with van der Waals surface area (Å²) in [5.41, 5.74) is 2.71. The van der Waals surface area contributed by atoms with Gasteiger partial charge in [0.25, 0.3) is 5.91 Å². The molecule has 136 valence electrons. The highest BCUT2D eigenvalue weighted by Crippen LogP contribution is 2.13. The molecule has 3 nitrogen and oxygen atoms in total. The predicted molar refractivity (Wildman–Crippen MR) is 114 cm³/mol. The van der Waals surface area contributed by atoms with Crippen LogP contribution in [-0.2, 0) is 13.1 Å². The number of rotatable bonds is 5. The maximum Gasteiger partial charge on any atom is 0.257 e. The Labute approximate surface area is 169 Å². The summed E-state index contributed by atoms with van der Waals surface area (Å²) in [6.45, 7) is 1.20. The van der Waals surface area contributed by atoms with Crippen molar-refractivity contribution >= 4 is 34.8 Å². The Kier molecular flexibility index (Phi) is 6.58. The fourth-order valence-corrected chi connectivity index (χ4v) is 3.10. The molecule has 3 aromatic rings. The number of amides is 1. The minimum Gasteiger partial charge on any atom is -0.340 e. The van der Waals surface area contributed by atoms with Crippen LogP contribution in [-0.4, -0.2) is 15.9 Å². The Hall–Kier alpha value is -2.69. The summed E-state index contributed by atoms with van der Waals surface area (Å²) >= 11 is 11.5. The first-order valence-corrected chi connectivity index (χ1v) is 9.34. The molecule has 27 heavy (non-hydrogen) atoms. The van der Waals surface area contributed by atoms with Gasteiger partial charge in [-0.25, -0.2) is 0 Å². The molecule has 1 N–H and O–H groups in total.